The molecular formula is C16H19N5O. The summed E-state index contributed by atoms with van der Waals surface area (Å²) in [5, 5.41) is 8.37. The molecule has 0 aliphatic rings. The third-order valence-corrected chi connectivity index (χ3v) is 3.60. The summed E-state index contributed by atoms with van der Waals surface area (Å²) in [6.07, 6.45) is 7.61. The Balaban J connectivity index is 1.50. The van der Waals surface area contributed by atoms with Crippen LogP contribution in [0.25, 0.3) is 10.9 Å². The lowest BCUT2D eigenvalue weighted by Gasteiger charge is -2.07. The Labute approximate surface area is 128 Å². The van der Waals surface area contributed by atoms with Crippen LogP contribution in [0.5, 0.6) is 0 Å². The number of nitrogens with one attached hydrogen (secondary N) is 1. The predicted molar refractivity (Wildman–Crippen MR) is 84.3 cm³/mol. The molecule has 0 unspecified atom stereocenters. The molecule has 0 saturated carbocycles. The number of rotatable bonds is 6. The van der Waals surface area contributed by atoms with E-state index in [1.165, 1.54) is 5.56 Å². The zero-order chi connectivity index (χ0) is 15.4. The molecule has 3 rings (SSSR count). The fourth-order valence-corrected chi connectivity index (χ4v) is 2.40. The van der Waals surface area contributed by atoms with Crippen LogP contribution in [0.1, 0.15) is 12.0 Å². The molecule has 0 aliphatic heterocycles. The molecule has 1 N–H and O–H groups in total. The molecule has 0 atom stereocenters. The van der Waals surface area contributed by atoms with Gasteiger partial charge in [-0.25, -0.2) is 4.98 Å². The largest absolute Gasteiger partial charge is 0.354 e. The number of fused-ring (bicyclic) bond motifs is 1. The van der Waals surface area contributed by atoms with Gasteiger partial charge in [0.1, 0.15) is 0 Å². The van der Waals surface area contributed by atoms with E-state index in [4.69, 9.17) is 0 Å². The number of hydrogen-bond donors (Lipinski definition) is 1. The molecule has 0 aliphatic carbocycles. The minimum Gasteiger partial charge on any atom is -0.354 e. The number of amides is 1. The van der Waals surface area contributed by atoms with Crippen LogP contribution in [0.15, 0.2) is 43.1 Å². The number of carbonyl (C=O) groups excluding carboxylic acids is 1. The highest BCUT2D eigenvalue weighted by atomic mass is 16.1. The number of imidazole rings is 1. The highest BCUT2D eigenvalue weighted by Crippen LogP contribution is 2.15. The second-order valence-electron chi connectivity index (χ2n) is 5.33. The van der Waals surface area contributed by atoms with E-state index in [9.17, 15) is 4.79 Å². The van der Waals surface area contributed by atoms with Crippen molar-refractivity contribution in [3.05, 3.63) is 48.7 Å². The molecule has 3 aromatic rings. The lowest BCUT2D eigenvalue weighted by Crippen LogP contribution is -2.27. The van der Waals surface area contributed by atoms with Crippen molar-refractivity contribution >= 4 is 16.8 Å². The van der Waals surface area contributed by atoms with Gasteiger partial charge in [-0.3, -0.25) is 9.48 Å². The maximum Gasteiger partial charge on any atom is 0.221 e. The standard InChI is InChI=1S/C16H19N5O/c1-13-2-3-14-11-19-21(15(14)10-13)7-4-16(22)18-6-9-20-8-5-17-12-20/h2-3,5,8,10-12H,4,6-7,9H2,1H3,(H,18,22). The van der Waals surface area contributed by atoms with Crippen LogP contribution in [0.2, 0.25) is 0 Å². The van der Waals surface area contributed by atoms with Gasteiger partial charge in [0.05, 0.1) is 24.6 Å². The molecule has 0 spiro atoms. The van der Waals surface area contributed by atoms with Gasteiger partial charge in [-0.1, -0.05) is 12.1 Å². The fraction of sp³-hybridized carbons (Fsp3) is 0.312. The number of hydrogen-bond acceptors (Lipinski definition) is 3. The third-order valence-electron chi connectivity index (χ3n) is 3.60. The highest BCUT2D eigenvalue weighted by molar-refractivity contribution is 5.80. The molecule has 1 aromatic carbocycles. The van der Waals surface area contributed by atoms with Crippen LogP contribution in [0.3, 0.4) is 0 Å². The monoisotopic (exact) mass is 297 g/mol. The third kappa shape index (κ3) is 3.33. The van der Waals surface area contributed by atoms with Gasteiger partial charge in [-0.05, 0) is 18.6 Å². The lowest BCUT2D eigenvalue weighted by atomic mass is 10.2. The van der Waals surface area contributed by atoms with Gasteiger partial charge in [0.15, 0.2) is 0 Å². The smallest absolute Gasteiger partial charge is 0.221 e. The first-order valence-electron chi connectivity index (χ1n) is 7.37. The van der Waals surface area contributed by atoms with Crippen molar-refractivity contribution in [3.8, 4) is 0 Å². The Bertz CT molecular complexity index is 760. The molecular weight excluding hydrogens is 278 g/mol. The molecule has 1 amide bonds. The average Bonchev–Trinajstić information content (AvgIpc) is 3.14. The van der Waals surface area contributed by atoms with Crippen molar-refractivity contribution in [2.45, 2.75) is 26.4 Å². The van der Waals surface area contributed by atoms with E-state index in [0.29, 0.717) is 19.5 Å². The van der Waals surface area contributed by atoms with Gasteiger partial charge in [0.25, 0.3) is 0 Å². The zero-order valence-electron chi connectivity index (χ0n) is 12.6. The fourth-order valence-electron chi connectivity index (χ4n) is 2.40. The average molecular weight is 297 g/mol. The number of nitrogens with zero attached hydrogens (tertiary/aromatic N) is 4. The second-order valence-corrected chi connectivity index (χ2v) is 5.33. The quantitative estimate of drug-likeness (QED) is 0.754. The topological polar surface area (TPSA) is 64.7 Å². The van der Waals surface area contributed by atoms with Crippen LogP contribution in [0, 0.1) is 6.92 Å². The van der Waals surface area contributed by atoms with E-state index in [-0.39, 0.29) is 5.91 Å². The van der Waals surface area contributed by atoms with Crippen molar-refractivity contribution in [1.29, 1.82) is 0 Å². The number of aryl methyl sites for hydroxylation is 2. The van der Waals surface area contributed by atoms with Crippen LogP contribution in [-0.4, -0.2) is 31.8 Å². The zero-order valence-corrected chi connectivity index (χ0v) is 12.6. The van der Waals surface area contributed by atoms with E-state index in [1.54, 1.807) is 12.5 Å². The lowest BCUT2D eigenvalue weighted by molar-refractivity contribution is -0.121. The Morgan fingerprint density at radius 2 is 2.23 bits per heavy atom. The van der Waals surface area contributed by atoms with Gasteiger partial charge >= 0.3 is 0 Å². The molecule has 114 valence electrons. The van der Waals surface area contributed by atoms with Gasteiger partial charge in [-0.15, -0.1) is 0 Å². The van der Waals surface area contributed by atoms with Crippen LogP contribution >= 0.6 is 0 Å². The summed E-state index contributed by atoms with van der Waals surface area (Å²) in [4.78, 5) is 15.9. The normalized spacial score (nSPS) is 11.0. The van der Waals surface area contributed by atoms with E-state index >= 15 is 0 Å². The maximum atomic E-state index is 11.9. The van der Waals surface area contributed by atoms with Crippen molar-refractivity contribution in [2.24, 2.45) is 0 Å². The highest BCUT2D eigenvalue weighted by Gasteiger charge is 2.06. The molecule has 2 aromatic heterocycles. The summed E-state index contributed by atoms with van der Waals surface area (Å²) in [6.45, 7) is 3.98. The molecule has 6 heteroatoms. The van der Waals surface area contributed by atoms with E-state index in [2.05, 4.69) is 40.5 Å². The molecule has 6 nitrogen and oxygen atoms in total. The Morgan fingerprint density at radius 3 is 3.05 bits per heavy atom. The second kappa shape index (κ2) is 6.43. The first-order chi connectivity index (χ1) is 10.7. The summed E-state index contributed by atoms with van der Waals surface area (Å²) in [5.74, 6) is 0.0384. The Kier molecular flexibility index (Phi) is 4.18. The van der Waals surface area contributed by atoms with Gasteiger partial charge in [0, 0.05) is 37.3 Å². The molecule has 0 fully saturated rings. The molecule has 22 heavy (non-hydrogen) atoms. The maximum absolute atomic E-state index is 11.9. The molecule has 2 heterocycles. The summed E-state index contributed by atoms with van der Waals surface area (Å²) in [7, 11) is 0. The first-order valence-corrected chi connectivity index (χ1v) is 7.37. The van der Waals surface area contributed by atoms with Crippen molar-refractivity contribution in [1.82, 2.24) is 24.6 Å². The van der Waals surface area contributed by atoms with Gasteiger partial charge in [0.2, 0.25) is 5.91 Å². The number of benzene rings is 1. The van der Waals surface area contributed by atoms with Crippen LogP contribution in [0.4, 0.5) is 0 Å². The van der Waals surface area contributed by atoms with E-state index in [1.807, 2.05) is 21.6 Å². The van der Waals surface area contributed by atoms with Gasteiger partial charge in [-0.2, -0.15) is 5.10 Å². The number of aromatic nitrogens is 4. The number of carbonyl (C=O) groups is 1. The van der Waals surface area contributed by atoms with Crippen molar-refractivity contribution in [3.63, 3.8) is 0 Å². The van der Waals surface area contributed by atoms with Crippen LogP contribution < -0.4 is 5.32 Å². The summed E-state index contributed by atoms with van der Waals surface area (Å²) in [5.41, 5.74) is 2.27. The van der Waals surface area contributed by atoms with Crippen molar-refractivity contribution < 1.29 is 4.79 Å². The Morgan fingerprint density at radius 1 is 1.32 bits per heavy atom. The molecule has 0 bridgehead atoms. The minimum atomic E-state index is 0.0384. The molecule has 0 saturated heterocycles. The minimum absolute atomic E-state index is 0.0384. The van der Waals surface area contributed by atoms with Crippen LogP contribution in [-0.2, 0) is 17.9 Å². The summed E-state index contributed by atoms with van der Waals surface area (Å²) in [6, 6.07) is 6.22. The summed E-state index contributed by atoms with van der Waals surface area (Å²) >= 11 is 0. The Hall–Kier alpha value is -2.63. The first kappa shape index (κ1) is 14.3. The van der Waals surface area contributed by atoms with E-state index < -0.39 is 0 Å². The van der Waals surface area contributed by atoms with Gasteiger partial charge < -0.3 is 9.88 Å². The predicted octanol–water partition coefficient (Wildman–Crippen LogP) is 1.75. The summed E-state index contributed by atoms with van der Waals surface area (Å²) < 4.78 is 3.82. The van der Waals surface area contributed by atoms with Crippen molar-refractivity contribution in [2.75, 3.05) is 6.54 Å². The molecule has 0 radical (unpaired) electrons. The van der Waals surface area contributed by atoms with E-state index in [0.717, 1.165) is 17.4 Å². The SMILES string of the molecule is Cc1ccc2cnn(CCC(=O)NCCn3ccnc3)c2c1.